The van der Waals surface area contributed by atoms with Gasteiger partial charge in [-0.15, -0.1) is 0 Å². The van der Waals surface area contributed by atoms with Crippen LogP contribution in [0.4, 0.5) is 0 Å². The number of aromatic amines is 2. The lowest BCUT2D eigenvalue weighted by atomic mass is 10.1. The predicted molar refractivity (Wildman–Crippen MR) is 147 cm³/mol. The van der Waals surface area contributed by atoms with E-state index >= 15 is 0 Å². The van der Waals surface area contributed by atoms with Crippen LogP contribution in [-0.4, -0.2) is 41.7 Å². The number of hydrogen-bond acceptors (Lipinski definition) is 7. The lowest BCUT2D eigenvalue weighted by Crippen LogP contribution is -2.20. The Morgan fingerprint density at radius 1 is 1.03 bits per heavy atom. The van der Waals surface area contributed by atoms with E-state index in [9.17, 15) is 0 Å². The molecule has 0 spiro atoms. The highest BCUT2D eigenvalue weighted by atomic mass is 32.1. The Hall–Kier alpha value is -3.95. The Labute approximate surface area is 217 Å². The van der Waals surface area contributed by atoms with Gasteiger partial charge in [0.1, 0.15) is 5.69 Å². The average Bonchev–Trinajstić information content (AvgIpc) is 3.74. The second kappa shape index (κ2) is 9.49. The smallest absolute Gasteiger partial charge is 0.178 e. The van der Waals surface area contributed by atoms with Gasteiger partial charge in [-0.2, -0.15) is 16.4 Å². The van der Waals surface area contributed by atoms with Crippen LogP contribution in [0.15, 0.2) is 59.8 Å². The monoisotopic (exact) mass is 506 g/mol. The van der Waals surface area contributed by atoms with Gasteiger partial charge in [0.25, 0.3) is 0 Å². The maximum Gasteiger partial charge on any atom is 0.178 e. The average molecular weight is 507 g/mol. The van der Waals surface area contributed by atoms with Gasteiger partial charge in [-0.05, 0) is 71.5 Å². The molecule has 0 atom stereocenters. The summed E-state index contributed by atoms with van der Waals surface area (Å²) in [6, 6.07) is 8.34. The largest absolute Gasteiger partial charge is 0.335 e. The summed E-state index contributed by atoms with van der Waals surface area (Å²) in [4.78, 5) is 21.9. The number of rotatable bonds is 7. The van der Waals surface area contributed by atoms with Gasteiger partial charge in [-0.1, -0.05) is 12.8 Å². The number of pyridine rings is 3. The normalized spacial score (nSPS) is 14.3. The van der Waals surface area contributed by atoms with Crippen molar-refractivity contribution in [1.82, 2.24) is 40.4 Å². The Morgan fingerprint density at radius 2 is 1.97 bits per heavy atom. The van der Waals surface area contributed by atoms with Crippen molar-refractivity contribution in [3.05, 3.63) is 65.4 Å². The molecule has 0 aromatic carbocycles. The summed E-state index contributed by atoms with van der Waals surface area (Å²) in [5.74, 6) is 1.49. The van der Waals surface area contributed by atoms with E-state index in [0.29, 0.717) is 11.5 Å². The van der Waals surface area contributed by atoms with Crippen molar-refractivity contribution in [3.63, 3.8) is 0 Å². The van der Waals surface area contributed by atoms with Crippen LogP contribution in [0.3, 0.4) is 0 Å². The molecule has 0 bridgehead atoms. The summed E-state index contributed by atoms with van der Waals surface area (Å²) < 4.78 is 0. The summed E-state index contributed by atoms with van der Waals surface area (Å²) in [6.07, 6.45) is 12.8. The van der Waals surface area contributed by atoms with Gasteiger partial charge in [-0.3, -0.25) is 15.1 Å². The van der Waals surface area contributed by atoms with E-state index in [4.69, 9.17) is 4.98 Å². The Morgan fingerprint density at radius 3 is 2.86 bits per heavy atom. The van der Waals surface area contributed by atoms with E-state index < -0.39 is 0 Å². The summed E-state index contributed by atoms with van der Waals surface area (Å²) in [5.41, 5.74) is 8.41. The third kappa shape index (κ3) is 4.30. The molecular weight excluding hydrogens is 480 g/mol. The maximum atomic E-state index is 4.77. The zero-order chi connectivity index (χ0) is 24.6. The Bertz CT molecular complexity index is 1680. The van der Waals surface area contributed by atoms with E-state index in [1.165, 1.54) is 25.7 Å². The van der Waals surface area contributed by atoms with E-state index in [1.54, 1.807) is 17.5 Å². The topological polar surface area (TPSA) is 108 Å². The number of fused-ring (bicyclic) bond motifs is 2. The molecule has 3 N–H and O–H groups in total. The minimum absolute atomic E-state index is 0.672. The van der Waals surface area contributed by atoms with Crippen molar-refractivity contribution in [1.29, 1.82) is 0 Å². The third-order valence-corrected chi connectivity index (χ3v) is 7.91. The van der Waals surface area contributed by atoms with Crippen LogP contribution in [0.2, 0.25) is 0 Å². The molecule has 6 aromatic rings. The van der Waals surface area contributed by atoms with E-state index in [1.807, 2.05) is 24.7 Å². The fourth-order valence-electron chi connectivity index (χ4n) is 5.30. The van der Waals surface area contributed by atoms with Crippen molar-refractivity contribution in [2.75, 3.05) is 6.54 Å². The van der Waals surface area contributed by atoms with Crippen molar-refractivity contribution >= 4 is 33.4 Å². The molecular formula is C28H26N8S. The van der Waals surface area contributed by atoms with E-state index in [0.717, 1.165) is 69.1 Å². The lowest BCUT2D eigenvalue weighted by Gasteiger charge is -2.11. The minimum Gasteiger partial charge on any atom is -0.335 e. The first-order chi connectivity index (χ1) is 18.3. The maximum absolute atomic E-state index is 4.77. The van der Waals surface area contributed by atoms with E-state index in [2.05, 4.69) is 64.4 Å². The molecule has 7 rings (SSSR count). The molecule has 1 aliphatic rings. The molecule has 0 radical (unpaired) electrons. The van der Waals surface area contributed by atoms with Gasteiger partial charge in [-0.25, -0.2) is 9.97 Å². The zero-order valence-electron chi connectivity index (χ0n) is 20.2. The molecule has 8 nitrogen and oxygen atoms in total. The SMILES string of the molecule is c1cc(-c2ccsc2)c2[nH]c(-c3n[nH]c4cnc(-c5cncc(CNCC6CCCC6)c5)cc34)nc2n1. The van der Waals surface area contributed by atoms with E-state index in [-0.39, 0.29) is 0 Å². The van der Waals surface area contributed by atoms with Gasteiger partial charge in [0, 0.05) is 41.6 Å². The first-order valence-electron chi connectivity index (χ1n) is 12.7. The van der Waals surface area contributed by atoms with Crippen LogP contribution >= 0.6 is 11.3 Å². The fraction of sp³-hybridized carbons (Fsp3) is 0.250. The summed E-state index contributed by atoms with van der Waals surface area (Å²) in [7, 11) is 0. The molecule has 0 aliphatic heterocycles. The molecule has 9 heteroatoms. The van der Waals surface area contributed by atoms with Gasteiger partial charge >= 0.3 is 0 Å². The van der Waals surface area contributed by atoms with Crippen molar-refractivity contribution in [2.24, 2.45) is 5.92 Å². The van der Waals surface area contributed by atoms with Gasteiger partial charge in [0.2, 0.25) is 0 Å². The van der Waals surface area contributed by atoms with Crippen LogP contribution < -0.4 is 5.32 Å². The number of aromatic nitrogens is 7. The number of imidazole rings is 1. The molecule has 1 saturated carbocycles. The third-order valence-electron chi connectivity index (χ3n) is 7.22. The van der Waals surface area contributed by atoms with Gasteiger partial charge < -0.3 is 10.3 Å². The van der Waals surface area contributed by atoms with Crippen LogP contribution in [0.1, 0.15) is 31.2 Å². The second-order valence-corrected chi connectivity index (χ2v) is 10.5. The molecule has 37 heavy (non-hydrogen) atoms. The summed E-state index contributed by atoms with van der Waals surface area (Å²) in [6.45, 7) is 1.89. The van der Waals surface area contributed by atoms with Crippen molar-refractivity contribution < 1.29 is 0 Å². The molecule has 184 valence electrons. The fourth-order valence-corrected chi connectivity index (χ4v) is 5.95. The molecule has 1 aliphatic carbocycles. The lowest BCUT2D eigenvalue weighted by molar-refractivity contribution is 0.489. The zero-order valence-corrected chi connectivity index (χ0v) is 21.1. The van der Waals surface area contributed by atoms with Crippen LogP contribution in [0.25, 0.3) is 56.0 Å². The number of nitrogens with zero attached hydrogens (tertiary/aromatic N) is 5. The Balaban J connectivity index is 1.20. The molecule has 6 aromatic heterocycles. The van der Waals surface area contributed by atoms with Crippen molar-refractivity contribution in [3.8, 4) is 33.9 Å². The number of H-pyrrole nitrogens is 2. The summed E-state index contributed by atoms with van der Waals surface area (Å²) in [5, 5.41) is 16.4. The Kier molecular flexibility index (Phi) is 5.71. The van der Waals surface area contributed by atoms with Crippen molar-refractivity contribution in [2.45, 2.75) is 32.2 Å². The number of thiophene rings is 1. The first-order valence-corrected chi connectivity index (χ1v) is 13.6. The number of hydrogen-bond donors (Lipinski definition) is 3. The van der Waals surface area contributed by atoms with Gasteiger partial charge in [0.15, 0.2) is 11.5 Å². The highest BCUT2D eigenvalue weighted by Crippen LogP contribution is 2.32. The molecule has 0 unspecified atom stereocenters. The standard InChI is InChI=1S/C28H26N8S/c1-2-4-17(3-1)11-29-12-18-9-20(14-30-13-18)23-10-22-24(15-32-23)35-36-26(22)28-33-25-21(19-6-8-37-16-19)5-7-31-27(25)34-28/h5-10,13-17,29H,1-4,11-12H2,(H,35,36)(H,31,33,34). The molecule has 0 saturated heterocycles. The quantitative estimate of drug-likeness (QED) is 0.246. The minimum atomic E-state index is 0.672. The molecule has 0 amide bonds. The van der Waals surface area contributed by atoms with Crippen LogP contribution in [0, 0.1) is 5.92 Å². The highest BCUT2D eigenvalue weighted by molar-refractivity contribution is 7.08. The summed E-state index contributed by atoms with van der Waals surface area (Å²) >= 11 is 1.67. The number of nitrogens with one attached hydrogen (secondary N) is 3. The predicted octanol–water partition coefficient (Wildman–Crippen LogP) is 5.97. The van der Waals surface area contributed by atoms with Gasteiger partial charge in [0.05, 0.1) is 22.9 Å². The molecule has 6 heterocycles. The highest BCUT2D eigenvalue weighted by Gasteiger charge is 2.17. The second-order valence-electron chi connectivity index (χ2n) is 9.71. The first kappa shape index (κ1) is 22.3. The molecule has 1 fully saturated rings. The van der Waals surface area contributed by atoms with Crippen LogP contribution in [0.5, 0.6) is 0 Å². The van der Waals surface area contributed by atoms with Crippen LogP contribution in [-0.2, 0) is 6.54 Å².